The zero-order chi connectivity index (χ0) is 13.5. The molecule has 2 aromatic rings. The Balaban J connectivity index is 1.94. The molecular formula is C16H15ClN2. The molecule has 1 N–H and O–H groups in total. The first kappa shape index (κ1) is 13.6. The summed E-state index contributed by atoms with van der Waals surface area (Å²) in [7, 11) is 0. The highest BCUT2D eigenvalue weighted by Crippen LogP contribution is 2.21. The second-order valence-corrected chi connectivity index (χ2v) is 4.68. The zero-order valence-corrected chi connectivity index (χ0v) is 11.3. The molecule has 2 nitrogen and oxygen atoms in total. The van der Waals surface area contributed by atoms with Crippen molar-refractivity contribution in [1.82, 2.24) is 5.32 Å². The average molecular weight is 271 g/mol. The molecule has 1 unspecified atom stereocenters. The van der Waals surface area contributed by atoms with Gasteiger partial charge in [0.15, 0.2) is 0 Å². The van der Waals surface area contributed by atoms with Crippen LogP contribution in [0.2, 0.25) is 5.02 Å². The topological polar surface area (TPSA) is 35.8 Å². The molecular weight excluding hydrogens is 256 g/mol. The van der Waals surface area contributed by atoms with Crippen LogP contribution in [0.25, 0.3) is 0 Å². The molecule has 1 atom stereocenters. The Morgan fingerprint density at radius 1 is 1.05 bits per heavy atom. The molecule has 0 bridgehead atoms. The van der Waals surface area contributed by atoms with E-state index in [4.69, 9.17) is 11.6 Å². The monoisotopic (exact) mass is 270 g/mol. The zero-order valence-electron chi connectivity index (χ0n) is 10.5. The number of halogens is 1. The van der Waals surface area contributed by atoms with Gasteiger partial charge in [0.05, 0.1) is 6.07 Å². The van der Waals surface area contributed by atoms with Crippen LogP contribution in [0.5, 0.6) is 0 Å². The molecule has 0 heterocycles. The first-order valence-electron chi connectivity index (χ1n) is 6.22. The summed E-state index contributed by atoms with van der Waals surface area (Å²) in [5.41, 5.74) is 2.09. The minimum atomic E-state index is -0.364. The lowest BCUT2D eigenvalue weighted by atomic mass is 10.1. The summed E-state index contributed by atoms with van der Waals surface area (Å²) in [5.74, 6) is 0. The van der Waals surface area contributed by atoms with E-state index in [-0.39, 0.29) is 6.04 Å². The highest BCUT2D eigenvalue weighted by atomic mass is 35.5. The van der Waals surface area contributed by atoms with E-state index in [1.54, 1.807) is 6.07 Å². The number of rotatable bonds is 5. The largest absolute Gasteiger partial charge is 0.298 e. The van der Waals surface area contributed by atoms with Gasteiger partial charge in [0, 0.05) is 17.1 Å². The third-order valence-electron chi connectivity index (χ3n) is 2.95. The Morgan fingerprint density at radius 3 is 2.42 bits per heavy atom. The van der Waals surface area contributed by atoms with Gasteiger partial charge in [-0.2, -0.15) is 5.26 Å². The summed E-state index contributed by atoms with van der Waals surface area (Å²) < 4.78 is 0. The van der Waals surface area contributed by atoms with Crippen molar-refractivity contribution in [3.63, 3.8) is 0 Å². The van der Waals surface area contributed by atoms with Gasteiger partial charge < -0.3 is 0 Å². The van der Waals surface area contributed by atoms with Crippen molar-refractivity contribution in [2.45, 2.75) is 12.5 Å². The molecule has 0 saturated heterocycles. The molecule has 0 spiro atoms. The van der Waals surface area contributed by atoms with Crippen LogP contribution in [-0.4, -0.2) is 6.54 Å². The second kappa shape index (κ2) is 6.94. The molecule has 3 heteroatoms. The number of hydrogen-bond acceptors (Lipinski definition) is 2. The molecule has 2 aromatic carbocycles. The van der Waals surface area contributed by atoms with Gasteiger partial charge in [0.1, 0.15) is 6.04 Å². The first-order chi connectivity index (χ1) is 9.31. The van der Waals surface area contributed by atoms with Crippen molar-refractivity contribution in [3.05, 3.63) is 70.7 Å². The van der Waals surface area contributed by atoms with Gasteiger partial charge in [-0.3, -0.25) is 5.32 Å². The number of hydrogen-bond donors (Lipinski definition) is 1. The van der Waals surface area contributed by atoms with Crippen LogP contribution in [0.15, 0.2) is 54.6 Å². The van der Waals surface area contributed by atoms with Gasteiger partial charge in [-0.1, -0.05) is 60.1 Å². The predicted molar refractivity (Wildman–Crippen MR) is 78.0 cm³/mol. The molecule has 0 radical (unpaired) electrons. The van der Waals surface area contributed by atoms with Gasteiger partial charge in [0.25, 0.3) is 0 Å². The molecule has 0 fully saturated rings. The van der Waals surface area contributed by atoms with Crippen LogP contribution in [0.4, 0.5) is 0 Å². The van der Waals surface area contributed by atoms with Gasteiger partial charge in [-0.05, 0) is 18.1 Å². The molecule has 19 heavy (non-hydrogen) atoms. The minimum absolute atomic E-state index is 0.364. The maximum absolute atomic E-state index is 9.23. The first-order valence-corrected chi connectivity index (χ1v) is 6.60. The van der Waals surface area contributed by atoms with E-state index in [0.29, 0.717) is 5.02 Å². The lowest BCUT2D eigenvalue weighted by Gasteiger charge is -2.13. The maximum Gasteiger partial charge on any atom is 0.122 e. The van der Waals surface area contributed by atoms with Crippen molar-refractivity contribution < 1.29 is 0 Å². The van der Waals surface area contributed by atoms with E-state index < -0.39 is 0 Å². The maximum atomic E-state index is 9.23. The molecule has 2 rings (SSSR count). The highest BCUT2D eigenvalue weighted by Gasteiger charge is 2.12. The smallest absolute Gasteiger partial charge is 0.122 e. The number of nitriles is 1. The van der Waals surface area contributed by atoms with Gasteiger partial charge in [0.2, 0.25) is 0 Å². The fraction of sp³-hybridized carbons (Fsp3) is 0.188. The van der Waals surface area contributed by atoms with Gasteiger partial charge in [-0.15, -0.1) is 0 Å². The van der Waals surface area contributed by atoms with Crippen molar-refractivity contribution in [3.8, 4) is 6.07 Å². The summed E-state index contributed by atoms with van der Waals surface area (Å²) in [5, 5.41) is 13.1. The molecule has 96 valence electrons. The average Bonchev–Trinajstić information content (AvgIpc) is 2.46. The van der Waals surface area contributed by atoms with Crippen molar-refractivity contribution in [2.24, 2.45) is 0 Å². The van der Waals surface area contributed by atoms with E-state index >= 15 is 0 Å². The highest BCUT2D eigenvalue weighted by molar-refractivity contribution is 6.31. The summed E-state index contributed by atoms with van der Waals surface area (Å²) in [6.07, 6.45) is 0.892. The summed E-state index contributed by atoms with van der Waals surface area (Å²) in [4.78, 5) is 0. The Kier molecular flexibility index (Phi) is 4.97. The fourth-order valence-electron chi connectivity index (χ4n) is 1.94. The van der Waals surface area contributed by atoms with Gasteiger partial charge in [-0.25, -0.2) is 0 Å². The lowest BCUT2D eigenvalue weighted by Crippen LogP contribution is -2.22. The third kappa shape index (κ3) is 3.82. The standard InChI is InChI=1S/C16H15ClN2/c17-15-9-5-4-8-14(15)16(12-18)19-11-10-13-6-2-1-3-7-13/h1-9,16,19H,10-11H2. The SMILES string of the molecule is N#CC(NCCc1ccccc1)c1ccccc1Cl. The number of nitrogens with zero attached hydrogens (tertiary/aromatic N) is 1. The molecule has 0 saturated carbocycles. The summed E-state index contributed by atoms with van der Waals surface area (Å²) in [6, 6.07) is 19.5. The van der Waals surface area contributed by atoms with E-state index in [1.807, 2.05) is 36.4 Å². The van der Waals surface area contributed by atoms with Crippen LogP contribution in [0, 0.1) is 11.3 Å². The van der Waals surface area contributed by atoms with Crippen LogP contribution in [0.1, 0.15) is 17.2 Å². The quantitative estimate of drug-likeness (QED) is 0.898. The van der Waals surface area contributed by atoms with E-state index in [9.17, 15) is 5.26 Å². The summed E-state index contributed by atoms with van der Waals surface area (Å²) >= 11 is 6.10. The number of nitrogens with one attached hydrogen (secondary N) is 1. The second-order valence-electron chi connectivity index (χ2n) is 4.27. The molecule has 0 aliphatic rings. The van der Waals surface area contributed by atoms with E-state index in [1.165, 1.54) is 5.56 Å². The van der Waals surface area contributed by atoms with Crippen LogP contribution in [-0.2, 0) is 6.42 Å². The van der Waals surface area contributed by atoms with Crippen molar-refractivity contribution >= 4 is 11.6 Å². The minimum Gasteiger partial charge on any atom is -0.298 e. The Bertz CT molecular complexity index is 560. The molecule has 0 amide bonds. The van der Waals surface area contributed by atoms with Gasteiger partial charge >= 0.3 is 0 Å². The Hall–Kier alpha value is -1.82. The van der Waals surface area contributed by atoms with Crippen molar-refractivity contribution in [2.75, 3.05) is 6.54 Å². The Morgan fingerprint density at radius 2 is 1.74 bits per heavy atom. The fourth-order valence-corrected chi connectivity index (χ4v) is 2.18. The Labute approximate surface area is 118 Å². The van der Waals surface area contributed by atoms with Crippen LogP contribution in [0.3, 0.4) is 0 Å². The van der Waals surface area contributed by atoms with E-state index in [2.05, 4.69) is 23.5 Å². The third-order valence-corrected chi connectivity index (χ3v) is 3.29. The van der Waals surface area contributed by atoms with Crippen molar-refractivity contribution in [1.29, 1.82) is 5.26 Å². The van der Waals surface area contributed by atoms with E-state index in [0.717, 1.165) is 18.5 Å². The molecule has 0 aliphatic heterocycles. The van der Waals surface area contributed by atoms with Crippen LogP contribution >= 0.6 is 11.6 Å². The lowest BCUT2D eigenvalue weighted by molar-refractivity contribution is 0.630. The number of benzene rings is 2. The normalized spacial score (nSPS) is 11.8. The summed E-state index contributed by atoms with van der Waals surface area (Å²) in [6.45, 7) is 0.744. The molecule has 0 aromatic heterocycles. The molecule has 0 aliphatic carbocycles. The van der Waals surface area contributed by atoms with Crippen LogP contribution < -0.4 is 5.32 Å². The predicted octanol–water partition coefficient (Wildman–Crippen LogP) is 3.74.